The van der Waals surface area contributed by atoms with E-state index in [0.717, 1.165) is 0 Å². The van der Waals surface area contributed by atoms with Gasteiger partial charge in [0.15, 0.2) is 0 Å². The minimum Gasteiger partial charge on any atom is -0.423 e. The van der Waals surface area contributed by atoms with Crippen molar-refractivity contribution in [1.29, 1.82) is 0 Å². The van der Waals surface area contributed by atoms with Crippen molar-refractivity contribution in [2.75, 3.05) is 0 Å². The maximum Gasteiger partial charge on any atom is 0.488 e. The van der Waals surface area contributed by atoms with Crippen LogP contribution in [0.5, 0.6) is 0 Å². The summed E-state index contributed by atoms with van der Waals surface area (Å²) in [7, 11) is -1.54. The van der Waals surface area contributed by atoms with Gasteiger partial charge in [0.1, 0.15) is 0 Å². The largest absolute Gasteiger partial charge is 0.488 e. The molecule has 0 aliphatic rings. The summed E-state index contributed by atoms with van der Waals surface area (Å²) in [6, 6.07) is 4.76. The fraction of sp³-hybridized carbons (Fsp3) is 0.125. The Bertz CT molecular complexity index is 358. The molecule has 0 saturated heterocycles. The summed E-state index contributed by atoms with van der Waals surface area (Å²) in [5.41, 5.74) is 1.32. The van der Waals surface area contributed by atoms with E-state index in [4.69, 9.17) is 10.0 Å². The molecule has 4 nitrogen and oxygen atoms in total. The fourth-order valence-corrected chi connectivity index (χ4v) is 1.09. The first-order valence-corrected chi connectivity index (χ1v) is 3.70. The predicted molar refractivity (Wildman–Crippen MR) is 48.8 cm³/mol. The summed E-state index contributed by atoms with van der Waals surface area (Å²) in [5, 5.41) is 17.8. The van der Waals surface area contributed by atoms with Gasteiger partial charge in [-0.3, -0.25) is 0 Å². The van der Waals surface area contributed by atoms with Crippen LogP contribution in [-0.4, -0.2) is 23.2 Å². The molecule has 0 spiro atoms. The van der Waals surface area contributed by atoms with Gasteiger partial charge in [-0.15, -0.1) is 0 Å². The van der Waals surface area contributed by atoms with Gasteiger partial charge < -0.3 is 10.0 Å². The van der Waals surface area contributed by atoms with Gasteiger partial charge in [0.2, 0.25) is 6.08 Å². The topological polar surface area (TPSA) is 69.9 Å². The Morgan fingerprint density at radius 1 is 1.46 bits per heavy atom. The number of hydrogen-bond donors (Lipinski definition) is 2. The lowest BCUT2D eigenvalue weighted by molar-refractivity contribution is 0.425. The van der Waals surface area contributed by atoms with Gasteiger partial charge in [-0.05, 0) is 24.0 Å². The molecule has 0 radical (unpaired) electrons. The van der Waals surface area contributed by atoms with Gasteiger partial charge in [-0.25, -0.2) is 4.79 Å². The van der Waals surface area contributed by atoms with Crippen LogP contribution in [0.2, 0.25) is 0 Å². The van der Waals surface area contributed by atoms with E-state index in [0.29, 0.717) is 16.7 Å². The molecule has 13 heavy (non-hydrogen) atoms. The zero-order valence-electron chi connectivity index (χ0n) is 7.06. The lowest BCUT2D eigenvalue weighted by atomic mass is 9.77. The third-order valence-electron chi connectivity index (χ3n) is 1.79. The average Bonchev–Trinajstić information content (AvgIpc) is 2.08. The van der Waals surface area contributed by atoms with Crippen molar-refractivity contribution in [3.63, 3.8) is 0 Å². The van der Waals surface area contributed by atoms with Crippen LogP contribution in [-0.2, 0) is 4.79 Å². The highest BCUT2D eigenvalue weighted by Gasteiger charge is 2.14. The van der Waals surface area contributed by atoms with Crippen molar-refractivity contribution in [3.8, 4) is 0 Å². The molecule has 1 aromatic carbocycles. The van der Waals surface area contributed by atoms with Crippen molar-refractivity contribution in [2.45, 2.75) is 6.92 Å². The minimum absolute atomic E-state index is 0.344. The van der Waals surface area contributed by atoms with Gasteiger partial charge in [-0.1, -0.05) is 12.1 Å². The Kier molecular flexibility index (Phi) is 2.98. The van der Waals surface area contributed by atoms with Crippen molar-refractivity contribution in [3.05, 3.63) is 23.8 Å². The molecule has 0 atom stereocenters. The summed E-state index contributed by atoms with van der Waals surface area (Å²) in [4.78, 5) is 13.4. The molecule has 0 aliphatic heterocycles. The highest BCUT2D eigenvalue weighted by Crippen LogP contribution is 2.14. The van der Waals surface area contributed by atoms with Crippen LogP contribution in [0.15, 0.2) is 23.2 Å². The maximum absolute atomic E-state index is 9.99. The van der Waals surface area contributed by atoms with Crippen LogP contribution < -0.4 is 5.46 Å². The number of carbonyl (C=O) groups excluding carboxylic acids is 1. The Morgan fingerprint density at radius 2 is 2.15 bits per heavy atom. The molecular weight excluding hydrogens is 169 g/mol. The van der Waals surface area contributed by atoms with Crippen LogP contribution in [0.25, 0.3) is 0 Å². The molecule has 1 rings (SSSR count). The first-order valence-electron chi connectivity index (χ1n) is 3.70. The lowest BCUT2D eigenvalue weighted by Crippen LogP contribution is -2.31. The SMILES string of the molecule is Cc1c(N=C=O)cccc1B(O)O. The summed E-state index contributed by atoms with van der Waals surface area (Å²) in [6.45, 7) is 1.66. The Hall–Kier alpha value is -1.42. The van der Waals surface area contributed by atoms with E-state index in [-0.39, 0.29) is 0 Å². The second-order valence-electron chi connectivity index (χ2n) is 2.57. The monoisotopic (exact) mass is 177 g/mol. The zero-order chi connectivity index (χ0) is 9.84. The highest BCUT2D eigenvalue weighted by atomic mass is 16.4. The lowest BCUT2D eigenvalue weighted by Gasteiger charge is -2.05. The van der Waals surface area contributed by atoms with Gasteiger partial charge in [0, 0.05) is 0 Å². The smallest absolute Gasteiger partial charge is 0.423 e. The summed E-state index contributed by atoms with van der Waals surface area (Å²) in [5.74, 6) is 0. The third-order valence-corrected chi connectivity index (χ3v) is 1.79. The van der Waals surface area contributed by atoms with E-state index in [2.05, 4.69) is 4.99 Å². The summed E-state index contributed by atoms with van der Waals surface area (Å²) < 4.78 is 0. The van der Waals surface area contributed by atoms with E-state index >= 15 is 0 Å². The van der Waals surface area contributed by atoms with E-state index in [1.807, 2.05) is 0 Å². The normalized spacial score (nSPS) is 9.15. The summed E-state index contributed by atoms with van der Waals surface area (Å²) in [6.07, 6.45) is 1.40. The number of aliphatic imine (C=N–C) groups is 1. The molecule has 5 heteroatoms. The van der Waals surface area contributed by atoms with Crippen LogP contribution in [0, 0.1) is 6.92 Å². The third kappa shape index (κ3) is 2.03. The van der Waals surface area contributed by atoms with Gasteiger partial charge in [-0.2, -0.15) is 4.99 Å². The van der Waals surface area contributed by atoms with Crippen molar-refractivity contribution in [2.24, 2.45) is 4.99 Å². The van der Waals surface area contributed by atoms with E-state index in [1.165, 1.54) is 6.08 Å². The molecule has 1 aromatic rings. The number of rotatable bonds is 2. The van der Waals surface area contributed by atoms with Gasteiger partial charge in [0.25, 0.3) is 0 Å². The first kappa shape index (κ1) is 9.67. The van der Waals surface area contributed by atoms with Crippen molar-refractivity contribution in [1.82, 2.24) is 0 Å². The molecule has 0 fully saturated rings. The maximum atomic E-state index is 9.99. The average molecular weight is 177 g/mol. The molecule has 0 aromatic heterocycles. The molecule has 2 N–H and O–H groups in total. The van der Waals surface area contributed by atoms with E-state index in [1.54, 1.807) is 25.1 Å². The number of isocyanates is 1. The molecular formula is C8H8BNO3. The molecule has 0 saturated carbocycles. The standard InChI is InChI=1S/C8H8BNO3/c1-6-7(9(12)13)3-2-4-8(6)10-5-11/h2-4,12-13H,1H3. The van der Waals surface area contributed by atoms with Crippen molar-refractivity contribution < 1.29 is 14.8 Å². The molecule has 0 amide bonds. The van der Waals surface area contributed by atoms with Crippen LogP contribution in [0.1, 0.15) is 5.56 Å². The Labute approximate surface area is 75.7 Å². The van der Waals surface area contributed by atoms with Crippen molar-refractivity contribution >= 4 is 24.3 Å². The second-order valence-corrected chi connectivity index (χ2v) is 2.57. The number of nitrogens with zero attached hydrogens (tertiary/aromatic N) is 1. The molecule has 0 heterocycles. The molecule has 0 unspecified atom stereocenters. The molecule has 0 aliphatic carbocycles. The van der Waals surface area contributed by atoms with Crippen LogP contribution >= 0.6 is 0 Å². The van der Waals surface area contributed by atoms with Crippen LogP contribution in [0.4, 0.5) is 5.69 Å². The Balaban J connectivity index is 3.25. The van der Waals surface area contributed by atoms with Crippen LogP contribution in [0.3, 0.4) is 0 Å². The number of benzene rings is 1. The second kappa shape index (κ2) is 4.00. The molecule has 66 valence electrons. The van der Waals surface area contributed by atoms with Gasteiger partial charge >= 0.3 is 7.12 Å². The minimum atomic E-state index is -1.54. The summed E-state index contributed by atoms with van der Waals surface area (Å²) >= 11 is 0. The first-order chi connectivity index (χ1) is 6.16. The predicted octanol–water partition coefficient (Wildman–Crippen LogP) is -0.358. The Morgan fingerprint density at radius 3 is 2.69 bits per heavy atom. The van der Waals surface area contributed by atoms with E-state index in [9.17, 15) is 4.79 Å². The van der Waals surface area contributed by atoms with Gasteiger partial charge in [0.05, 0.1) is 5.69 Å². The fourth-order valence-electron chi connectivity index (χ4n) is 1.09. The van der Waals surface area contributed by atoms with E-state index < -0.39 is 7.12 Å². The zero-order valence-corrected chi connectivity index (χ0v) is 7.06. The molecule has 0 bridgehead atoms. The quantitative estimate of drug-likeness (QED) is 0.368. The highest BCUT2D eigenvalue weighted by molar-refractivity contribution is 6.59. The number of hydrogen-bond acceptors (Lipinski definition) is 4.